The maximum atomic E-state index is 13.5. The summed E-state index contributed by atoms with van der Waals surface area (Å²) in [5.41, 5.74) is 1.02. The molecule has 43 heavy (non-hydrogen) atoms. The molecule has 3 rings (SSSR count). The van der Waals surface area contributed by atoms with E-state index in [1.165, 1.54) is 26.9 Å². The van der Waals surface area contributed by atoms with Crippen LogP contribution in [-0.4, -0.2) is 104 Å². The van der Waals surface area contributed by atoms with Crippen LogP contribution >= 0.6 is 0 Å². The van der Waals surface area contributed by atoms with Crippen LogP contribution < -0.4 is 0 Å². The lowest BCUT2D eigenvalue weighted by Gasteiger charge is -2.50. The lowest BCUT2D eigenvalue weighted by molar-refractivity contribution is -0.162. The van der Waals surface area contributed by atoms with Crippen LogP contribution in [-0.2, 0) is 23.5 Å². The van der Waals surface area contributed by atoms with E-state index in [2.05, 4.69) is 47.0 Å². The van der Waals surface area contributed by atoms with Gasteiger partial charge in [0.05, 0.1) is 24.0 Å². The standard InChI is InChI=1S/C31H47N3O8Si/c1-10-12-40-29(38)32(7)21-15-20(33(17-21)30(39)41-13-11-2)14-19(3)22-16-24-25(27(35)34(24)26(22)28(36)37)23(31(4,5)6)18-42-43(8)9/h10-11,14,20-21,23-25,43H,1-2,12-13,15-18H2,3-9H3,(H,36,37)/t20-,21+,23-,24-,25+/m1/s1. The van der Waals surface area contributed by atoms with Crippen molar-refractivity contribution in [3.8, 4) is 0 Å². The molecule has 3 aliphatic heterocycles. The summed E-state index contributed by atoms with van der Waals surface area (Å²) in [6.45, 7) is 20.2. The first-order chi connectivity index (χ1) is 20.1. The number of likely N-dealkylation sites (tertiary alicyclic amines) is 1. The van der Waals surface area contributed by atoms with Crippen molar-refractivity contribution in [2.45, 2.75) is 71.8 Å². The van der Waals surface area contributed by atoms with E-state index in [0.29, 0.717) is 30.6 Å². The van der Waals surface area contributed by atoms with E-state index in [-0.39, 0.29) is 60.7 Å². The fourth-order valence-corrected chi connectivity index (χ4v) is 6.79. The van der Waals surface area contributed by atoms with E-state index < -0.39 is 33.2 Å². The number of carboxylic acid groups (broad SMARTS) is 1. The molecule has 0 radical (unpaired) electrons. The van der Waals surface area contributed by atoms with Gasteiger partial charge >= 0.3 is 18.2 Å². The molecule has 0 bridgehead atoms. The average molecular weight is 618 g/mol. The van der Waals surface area contributed by atoms with Crippen molar-refractivity contribution >= 4 is 33.1 Å². The van der Waals surface area contributed by atoms with E-state index in [9.17, 15) is 24.3 Å². The normalized spacial score (nSPS) is 24.5. The average Bonchev–Trinajstić information content (AvgIpc) is 3.51. The maximum Gasteiger partial charge on any atom is 0.410 e. The number of likely N-dealkylation sites (N-methyl/N-ethyl adjacent to an activating group) is 1. The molecule has 0 aromatic heterocycles. The van der Waals surface area contributed by atoms with Crippen LogP contribution in [0.4, 0.5) is 9.59 Å². The lowest BCUT2D eigenvalue weighted by Crippen LogP contribution is -2.63. The van der Waals surface area contributed by atoms with Crippen molar-refractivity contribution in [1.82, 2.24) is 14.7 Å². The number of rotatable bonds is 12. The van der Waals surface area contributed by atoms with E-state index >= 15 is 0 Å². The smallest absolute Gasteiger partial charge is 0.410 e. The van der Waals surface area contributed by atoms with Gasteiger partial charge in [-0.25, -0.2) is 14.4 Å². The van der Waals surface area contributed by atoms with Crippen LogP contribution in [0, 0.1) is 17.3 Å². The number of hydrogen-bond acceptors (Lipinski definition) is 7. The topological polar surface area (TPSA) is 126 Å². The van der Waals surface area contributed by atoms with Crippen molar-refractivity contribution in [2.24, 2.45) is 17.3 Å². The van der Waals surface area contributed by atoms with E-state index in [0.717, 1.165) is 0 Å². The van der Waals surface area contributed by atoms with Crippen molar-refractivity contribution in [2.75, 3.05) is 33.4 Å². The number of fused-ring (bicyclic) bond motifs is 1. The predicted octanol–water partition coefficient (Wildman–Crippen LogP) is 4.18. The van der Waals surface area contributed by atoms with Gasteiger partial charge in [-0.1, -0.05) is 52.2 Å². The minimum atomic E-state index is -1.32. The molecule has 3 aliphatic rings. The first-order valence-electron chi connectivity index (χ1n) is 14.8. The minimum Gasteiger partial charge on any atom is -0.477 e. The number of aliphatic carboxylic acids is 1. The SMILES string of the molecule is C=CCOC(=O)N(C)[C@H]1C[C@@H](C=C(C)C2=C(C(=O)O)N3C(=O)[C@@H]([C@@H](CO[SiH](C)C)C(C)(C)C)[C@H]3C2)N(C(=O)OCC=C)C1. The summed E-state index contributed by atoms with van der Waals surface area (Å²) in [7, 11) is 0.287. The zero-order chi connectivity index (χ0) is 32.2. The van der Waals surface area contributed by atoms with Crippen molar-refractivity contribution < 1.29 is 38.2 Å². The van der Waals surface area contributed by atoms with E-state index in [1.54, 1.807) is 14.0 Å². The van der Waals surface area contributed by atoms with Crippen molar-refractivity contribution in [3.63, 3.8) is 0 Å². The number of carboxylic acids is 1. The Morgan fingerprint density at radius 2 is 1.79 bits per heavy atom. The third-order valence-electron chi connectivity index (χ3n) is 8.53. The van der Waals surface area contributed by atoms with Crippen molar-refractivity contribution in [3.05, 3.63) is 48.2 Å². The first-order valence-corrected chi connectivity index (χ1v) is 17.6. The number of nitrogens with zero attached hydrogens (tertiary/aromatic N) is 3. The highest BCUT2D eigenvalue weighted by Gasteiger charge is 2.59. The van der Waals surface area contributed by atoms with Gasteiger partial charge in [0.1, 0.15) is 18.9 Å². The Hall–Kier alpha value is -3.38. The molecule has 0 saturated carbocycles. The minimum absolute atomic E-state index is 0.00716. The molecule has 0 aromatic rings. The van der Waals surface area contributed by atoms with Gasteiger partial charge < -0.3 is 28.8 Å². The maximum absolute atomic E-state index is 13.5. The third-order valence-corrected chi connectivity index (χ3v) is 9.38. The summed E-state index contributed by atoms with van der Waals surface area (Å²) in [5, 5.41) is 10.2. The lowest BCUT2D eigenvalue weighted by atomic mass is 9.66. The van der Waals surface area contributed by atoms with Crippen LogP contribution in [0.3, 0.4) is 0 Å². The zero-order valence-corrected chi connectivity index (χ0v) is 27.7. The van der Waals surface area contributed by atoms with Gasteiger partial charge in [0.25, 0.3) is 0 Å². The summed E-state index contributed by atoms with van der Waals surface area (Å²) in [5.74, 6) is -1.75. The number of carbonyl (C=O) groups excluding carboxylic acids is 3. The Kier molecular flexibility index (Phi) is 11.1. The van der Waals surface area contributed by atoms with Gasteiger partial charge in [0.15, 0.2) is 9.04 Å². The van der Waals surface area contributed by atoms with Gasteiger partial charge in [-0.3, -0.25) is 9.69 Å². The molecule has 3 heterocycles. The summed E-state index contributed by atoms with van der Waals surface area (Å²) < 4.78 is 16.6. The fraction of sp³-hybridized carbons (Fsp3) is 0.613. The molecule has 12 heteroatoms. The molecule has 0 aromatic carbocycles. The Morgan fingerprint density at radius 1 is 1.16 bits per heavy atom. The van der Waals surface area contributed by atoms with Gasteiger partial charge in [-0.2, -0.15) is 0 Å². The molecule has 1 N–H and O–H groups in total. The number of carbonyl (C=O) groups is 4. The summed E-state index contributed by atoms with van der Waals surface area (Å²) in [6, 6.07) is -1.11. The number of amides is 3. The highest BCUT2D eigenvalue weighted by atomic mass is 28.3. The van der Waals surface area contributed by atoms with Crippen LogP contribution in [0.5, 0.6) is 0 Å². The first kappa shape index (κ1) is 34.1. The molecule has 2 saturated heterocycles. The zero-order valence-electron chi connectivity index (χ0n) is 26.5. The largest absolute Gasteiger partial charge is 0.477 e. The molecule has 11 nitrogen and oxygen atoms in total. The summed E-state index contributed by atoms with van der Waals surface area (Å²) in [4.78, 5) is 56.0. The number of hydrogen-bond donors (Lipinski definition) is 1. The highest BCUT2D eigenvalue weighted by Crippen LogP contribution is 2.50. The van der Waals surface area contributed by atoms with E-state index in [4.69, 9.17) is 13.9 Å². The Labute approximate surface area is 256 Å². The Bertz CT molecular complexity index is 1190. The monoisotopic (exact) mass is 617 g/mol. The second-order valence-corrected chi connectivity index (χ2v) is 15.2. The molecule has 3 amide bonds. The van der Waals surface area contributed by atoms with E-state index in [1.807, 2.05) is 6.08 Å². The highest BCUT2D eigenvalue weighted by molar-refractivity contribution is 6.48. The number of ether oxygens (including phenoxy) is 2. The Morgan fingerprint density at radius 3 is 2.35 bits per heavy atom. The number of allylic oxidation sites excluding steroid dienone is 1. The number of β-lactam (4-membered cyclic amide) rings is 1. The van der Waals surface area contributed by atoms with Crippen molar-refractivity contribution in [1.29, 1.82) is 0 Å². The van der Waals surface area contributed by atoms with Gasteiger partial charge in [-0.05, 0) is 55.3 Å². The summed E-state index contributed by atoms with van der Waals surface area (Å²) >= 11 is 0. The molecule has 238 valence electrons. The van der Waals surface area contributed by atoms with Crippen LogP contribution in [0.1, 0.15) is 40.5 Å². The Balaban J connectivity index is 1.91. The molecular weight excluding hydrogens is 570 g/mol. The van der Waals surface area contributed by atoms with Crippen LogP contribution in [0.25, 0.3) is 0 Å². The second kappa shape index (κ2) is 13.9. The second-order valence-electron chi connectivity index (χ2n) is 12.8. The van der Waals surface area contributed by atoms with Gasteiger partial charge in [-0.15, -0.1) is 0 Å². The molecule has 2 fully saturated rings. The third kappa shape index (κ3) is 7.41. The molecule has 0 spiro atoms. The molecule has 0 aliphatic carbocycles. The predicted molar refractivity (Wildman–Crippen MR) is 165 cm³/mol. The molecule has 0 unspecified atom stereocenters. The molecule has 5 atom stereocenters. The van der Waals surface area contributed by atoms with Gasteiger partial charge in [0, 0.05) is 20.2 Å². The molecular formula is C31H47N3O8Si. The van der Waals surface area contributed by atoms with Gasteiger partial charge in [0.2, 0.25) is 5.91 Å². The fourth-order valence-electron chi connectivity index (χ4n) is 6.20. The quantitative estimate of drug-likeness (QED) is 0.196. The van der Waals surface area contributed by atoms with Crippen LogP contribution in [0.2, 0.25) is 13.1 Å². The summed E-state index contributed by atoms with van der Waals surface area (Å²) in [6.07, 6.45) is 4.48. The van der Waals surface area contributed by atoms with Crippen LogP contribution in [0.15, 0.2) is 48.2 Å².